The van der Waals surface area contributed by atoms with Crippen LogP contribution < -0.4 is 10.2 Å². The summed E-state index contributed by atoms with van der Waals surface area (Å²) in [6.07, 6.45) is 0.797. The second kappa shape index (κ2) is 8.92. The van der Waals surface area contributed by atoms with Crippen LogP contribution in [0.15, 0.2) is 24.3 Å². The lowest BCUT2D eigenvalue weighted by Gasteiger charge is -2.23. The molecule has 0 aliphatic heterocycles. The largest absolute Gasteiger partial charge is 0.462 e. The number of hydrogen-bond acceptors (Lipinski definition) is 4. The van der Waals surface area contributed by atoms with Crippen molar-refractivity contribution in [1.82, 2.24) is 5.32 Å². The van der Waals surface area contributed by atoms with E-state index < -0.39 is 5.97 Å². The summed E-state index contributed by atoms with van der Waals surface area (Å²) in [6, 6.07) is 6.63. The highest BCUT2D eigenvalue weighted by molar-refractivity contribution is 6.04. The average molecular weight is 320 g/mol. The first-order valence-electron chi connectivity index (χ1n) is 7.74. The number of nitrogens with zero attached hydrogens (tertiary/aromatic N) is 1. The molecule has 0 aromatic heterocycles. The van der Waals surface area contributed by atoms with Crippen LogP contribution in [0.25, 0.3) is 0 Å². The van der Waals surface area contributed by atoms with Gasteiger partial charge in [0.25, 0.3) is 0 Å². The summed E-state index contributed by atoms with van der Waals surface area (Å²) in [5, 5.41) is 2.81. The van der Waals surface area contributed by atoms with Crippen molar-refractivity contribution in [2.24, 2.45) is 0 Å². The maximum Gasteiger partial charge on any atom is 0.340 e. The van der Waals surface area contributed by atoms with Gasteiger partial charge in [-0.2, -0.15) is 0 Å². The highest BCUT2D eigenvalue weighted by Gasteiger charge is 2.22. The molecule has 6 nitrogen and oxygen atoms in total. The fourth-order valence-corrected chi connectivity index (χ4v) is 2.02. The molecule has 1 atom stereocenters. The van der Waals surface area contributed by atoms with Gasteiger partial charge in [-0.15, -0.1) is 0 Å². The third-order valence-electron chi connectivity index (χ3n) is 3.39. The van der Waals surface area contributed by atoms with E-state index in [0.29, 0.717) is 5.69 Å². The molecule has 1 aromatic carbocycles. The van der Waals surface area contributed by atoms with Crippen molar-refractivity contribution >= 4 is 23.5 Å². The number of nitrogens with one attached hydrogen (secondary N) is 1. The number of esters is 1. The molecule has 126 valence electrons. The van der Waals surface area contributed by atoms with E-state index in [0.717, 1.165) is 6.42 Å². The zero-order valence-electron chi connectivity index (χ0n) is 14.1. The van der Waals surface area contributed by atoms with Gasteiger partial charge in [-0.1, -0.05) is 19.1 Å². The van der Waals surface area contributed by atoms with Gasteiger partial charge in [-0.05, 0) is 32.4 Å². The van der Waals surface area contributed by atoms with Crippen LogP contribution in [0.5, 0.6) is 0 Å². The van der Waals surface area contributed by atoms with Gasteiger partial charge < -0.3 is 15.0 Å². The number of ether oxygens (including phenoxy) is 1. The maximum atomic E-state index is 12.1. The molecule has 1 rings (SSSR count). The van der Waals surface area contributed by atoms with E-state index in [4.69, 9.17) is 4.74 Å². The van der Waals surface area contributed by atoms with Gasteiger partial charge in [0.2, 0.25) is 11.8 Å². The third-order valence-corrected chi connectivity index (χ3v) is 3.39. The molecule has 0 saturated heterocycles. The Morgan fingerprint density at radius 1 is 1.22 bits per heavy atom. The summed E-state index contributed by atoms with van der Waals surface area (Å²) in [5.74, 6) is -1.11. The zero-order valence-corrected chi connectivity index (χ0v) is 14.1. The lowest BCUT2D eigenvalue weighted by Crippen LogP contribution is -2.43. The Bertz CT molecular complexity index is 571. The lowest BCUT2D eigenvalue weighted by atomic mass is 10.1. The van der Waals surface area contributed by atoms with Gasteiger partial charge >= 0.3 is 5.97 Å². The zero-order chi connectivity index (χ0) is 17.4. The van der Waals surface area contributed by atoms with E-state index in [1.807, 2.05) is 13.8 Å². The summed E-state index contributed by atoms with van der Waals surface area (Å²) < 4.78 is 5.01. The highest BCUT2D eigenvalue weighted by atomic mass is 16.5. The number of anilines is 1. The van der Waals surface area contributed by atoms with E-state index in [1.54, 1.807) is 31.2 Å². The van der Waals surface area contributed by atoms with Crippen molar-refractivity contribution in [2.45, 2.75) is 40.2 Å². The number of benzene rings is 1. The SMILES string of the molecule is CCOC(=O)c1ccccc1N(CC(=O)NC(C)CC)C(C)=O. The predicted octanol–water partition coefficient (Wildman–Crippen LogP) is 2.13. The van der Waals surface area contributed by atoms with Gasteiger partial charge in [0.15, 0.2) is 0 Å². The van der Waals surface area contributed by atoms with Crippen molar-refractivity contribution in [3.8, 4) is 0 Å². The van der Waals surface area contributed by atoms with Gasteiger partial charge in [0.1, 0.15) is 6.54 Å². The monoisotopic (exact) mass is 320 g/mol. The second-order valence-electron chi connectivity index (χ2n) is 5.22. The van der Waals surface area contributed by atoms with Crippen molar-refractivity contribution in [3.05, 3.63) is 29.8 Å². The molecule has 0 spiro atoms. The van der Waals surface area contributed by atoms with Crippen LogP contribution in [0.3, 0.4) is 0 Å². The number of para-hydroxylation sites is 1. The Morgan fingerprint density at radius 2 is 1.87 bits per heavy atom. The first-order chi connectivity index (χ1) is 10.9. The van der Waals surface area contributed by atoms with Crippen LogP contribution in [0.4, 0.5) is 5.69 Å². The van der Waals surface area contributed by atoms with E-state index >= 15 is 0 Å². The topological polar surface area (TPSA) is 75.7 Å². The molecule has 0 aliphatic rings. The standard InChI is InChI=1S/C17H24N2O4/c1-5-12(3)18-16(21)11-19(13(4)20)15-10-8-7-9-14(15)17(22)23-6-2/h7-10,12H,5-6,11H2,1-4H3,(H,18,21). The lowest BCUT2D eigenvalue weighted by molar-refractivity contribution is -0.123. The summed E-state index contributed by atoms with van der Waals surface area (Å²) in [4.78, 5) is 37.4. The number of carbonyl (C=O) groups excluding carboxylic acids is 3. The van der Waals surface area contributed by atoms with Gasteiger partial charge in [0, 0.05) is 13.0 Å². The van der Waals surface area contributed by atoms with Crippen LogP contribution in [0, 0.1) is 0 Å². The van der Waals surface area contributed by atoms with Gasteiger partial charge in [-0.25, -0.2) is 4.79 Å². The highest BCUT2D eigenvalue weighted by Crippen LogP contribution is 2.21. The van der Waals surface area contributed by atoms with Gasteiger partial charge in [-0.3, -0.25) is 9.59 Å². The number of carbonyl (C=O) groups is 3. The molecular formula is C17H24N2O4. The quantitative estimate of drug-likeness (QED) is 0.781. The number of hydrogen-bond donors (Lipinski definition) is 1. The number of amides is 2. The molecule has 0 bridgehead atoms. The molecule has 1 unspecified atom stereocenters. The van der Waals surface area contributed by atoms with Crippen LogP contribution in [0.2, 0.25) is 0 Å². The molecule has 0 aliphatic carbocycles. The van der Waals surface area contributed by atoms with Crippen molar-refractivity contribution in [2.75, 3.05) is 18.1 Å². The maximum absolute atomic E-state index is 12.1. The first-order valence-corrected chi connectivity index (χ1v) is 7.74. The second-order valence-corrected chi connectivity index (χ2v) is 5.22. The summed E-state index contributed by atoms with van der Waals surface area (Å²) in [5.41, 5.74) is 0.638. The summed E-state index contributed by atoms with van der Waals surface area (Å²) in [6.45, 7) is 7.02. The van der Waals surface area contributed by atoms with Crippen molar-refractivity contribution < 1.29 is 19.1 Å². The summed E-state index contributed by atoms with van der Waals surface area (Å²) in [7, 11) is 0. The van der Waals surface area contributed by atoms with Gasteiger partial charge in [0.05, 0.1) is 17.9 Å². The molecule has 23 heavy (non-hydrogen) atoms. The molecule has 1 N–H and O–H groups in total. The predicted molar refractivity (Wildman–Crippen MR) is 88.3 cm³/mol. The molecule has 1 aromatic rings. The first kappa shape index (κ1) is 18.7. The van der Waals surface area contributed by atoms with E-state index in [9.17, 15) is 14.4 Å². The Labute approximate surface area is 136 Å². The van der Waals surface area contributed by atoms with Crippen LogP contribution in [0.1, 0.15) is 44.5 Å². The fourth-order valence-electron chi connectivity index (χ4n) is 2.02. The molecule has 0 heterocycles. The Kier molecular flexibility index (Phi) is 7.25. The van der Waals surface area contributed by atoms with E-state index in [1.165, 1.54) is 11.8 Å². The van der Waals surface area contributed by atoms with E-state index in [2.05, 4.69) is 5.32 Å². The minimum Gasteiger partial charge on any atom is -0.462 e. The molecule has 6 heteroatoms. The van der Waals surface area contributed by atoms with Crippen molar-refractivity contribution in [3.63, 3.8) is 0 Å². The third kappa shape index (κ3) is 5.39. The van der Waals surface area contributed by atoms with E-state index in [-0.39, 0.29) is 36.6 Å². The molecule has 0 saturated carbocycles. The Morgan fingerprint density at radius 3 is 2.43 bits per heavy atom. The molecule has 0 fully saturated rings. The fraction of sp³-hybridized carbons (Fsp3) is 0.471. The minimum absolute atomic E-state index is 0.0246. The van der Waals surface area contributed by atoms with Crippen LogP contribution >= 0.6 is 0 Å². The average Bonchev–Trinajstić information content (AvgIpc) is 2.52. The normalized spacial score (nSPS) is 11.5. The molecule has 2 amide bonds. The molecular weight excluding hydrogens is 296 g/mol. The smallest absolute Gasteiger partial charge is 0.340 e. The summed E-state index contributed by atoms with van der Waals surface area (Å²) >= 11 is 0. The number of rotatable bonds is 7. The Balaban J connectivity index is 3.05. The van der Waals surface area contributed by atoms with Crippen LogP contribution in [-0.4, -0.2) is 37.0 Å². The van der Waals surface area contributed by atoms with Crippen LogP contribution in [-0.2, 0) is 14.3 Å². The molecule has 0 radical (unpaired) electrons. The minimum atomic E-state index is -0.517. The van der Waals surface area contributed by atoms with Crippen molar-refractivity contribution in [1.29, 1.82) is 0 Å². The Hall–Kier alpha value is -2.37.